The Morgan fingerprint density at radius 1 is 0.808 bits per heavy atom. The van der Waals surface area contributed by atoms with Crippen molar-refractivity contribution in [1.82, 2.24) is 0 Å². The molecule has 0 heterocycles. The Hall–Kier alpha value is -0.846. The fourth-order valence-electron chi connectivity index (χ4n) is 2.77. The predicted octanol–water partition coefficient (Wildman–Crippen LogP) is 0.437. The van der Waals surface area contributed by atoms with E-state index in [0.717, 1.165) is 34.6 Å². The van der Waals surface area contributed by atoms with E-state index in [0.29, 0.717) is 0 Å². The van der Waals surface area contributed by atoms with Crippen molar-refractivity contribution in [2.45, 2.75) is 60.2 Å². The summed E-state index contributed by atoms with van der Waals surface area (Å²) in [5.41, 5.74) is -2.11. The third kappa shape index (κ3) is 7.05. The summed E-state index contributed by atoms with van der Waals surface area (Å²) in [6, 6.07) is 0. The monoisotopic (exact) mass is 414 g/mol. The normalized spacial score (nSPS) is 12.8. The Labute approximate surface area is 156 Å². The zero-order valence-corrected chi connectivity index (χ0v) is 17.5. The number of Topliss-reactive ketones (excluding diaryl/α,β-unsaturated/α-hetero) is 4. The van der Waals surface area contributed by atoms with Crippen molar-refractivity contribution in [3.05, 3.63) is 0 Å². The van der Waals surface area contributed by atoms with Crippen LogP contribution in [0.4, 0.5) is 0 Å². The van der Waals surface area contributed by atoms with E-state index in [1.165, 1.54) is 0 Å². The van der Waals surface area contributed by atoms with Crippen LogP contribution in [0.25, 0.3) is 0 Å². The van der Waals surface area contributed by atoms with Gasteiger partial charge < -0.3 is 0 Å². The van der Waals surface area contributed by atoms with E-state index in [4.69, 9.17) is 4.89 Å². The van der Waals surface area contributed by atoms with E-state index < -0.39 is 64.8 Å². The Morgan fingerprint density at radius 2 is 1.15 bits per heavy atom. The molecule has 0 unspecified atom stereocenters. The van der Waals surface area contributed by atoms with Gasteiger partial charge in [-0.3, -0.25) is 0 Å². The molecule has 0 aliphatic rings. The van der Waals surface area contributed by atoms with E-state index in [1.807, 2.05) is 0 Å². The van der Waals surface area contributed by atoms with Crippen LogP contribution in [0, 0.1) is 11.8 Å². The number of ketones is 4. The van der Waals surface area contributed by atoms with E-state index in [2.05, 4.69) is 11.8 Å². The fraction of sp³-hybridized carbons (Fsp3) is 0.733. The molecule has 26 heavy (non-hydrogen) atoms. The molecule has 0 spiro atoms. The Balaban J connectivity index is 5.87. The average molecular weight is 414 g/mol. The zero-order valence-electron chi connectivity index (χ0n) is 15.9. The average Bonchev–Trinajstić information content (AvgIpc) is 2.41. The SMILES string of the molecule is CC(=O)C(C(C)=O)C(C)(O[O][Ti]([OH])([OH])[O]OC(C)C)C(C(C)=O)C(C)=O. The van der Waals surface area contributed by atoms with E-state index in [9.17, 15) is 26.6 Å². The first-order chi connectivity index (χ1) is 11.7. The molecule has 2 N–H and O–H groups in total. The van der Waals surface area contributed by atoms with Crippen LogP contribution in [0.15, 0.2) is 0 Å². The van der Waals surface area contributed by atoms with Crippen LogP contribution in [-0.4, -0.2) is 42.2 Å². The summed E-state index contributed by atoms with van der Waals surface area (Å²) < 4.78 is 28.5. The molecule has 0 aromatic rings. The molecule has 0 aliphatic heterocycles. The van der Waals surface area contributed by atoms with Gasteiger partial charge in [0.2, 0.25) is 0 Å². The number of hydrogen-bond donors (Lipinski definition) is 2. The van der Waals surface area contributed by atoms with Gasteiger partial charge in [-0.05, 0) is 0 Å². The number of carbonyl (C=O) groups is 4. The quantitative estimate of drug-likeness (QED) is 0.200. The second-order valence-corrected chi connectivity index (χ2v) is 8.67. The summed E-state index contributed by atoms with van der Waals surface area (Å²) >= 11 is -5.54. The van der Waals surface area contributed by atoms with Gasteiger partial charge in [0.1, 0.15) is 0 Å². The van der Waals surface area contributed by atoms with E-state index >= 15 is 0 Å². The van der Waals surface area contributed by atoms with Crippen LogP contribution in [0.1, 0.15) is 48.5 Å². The first kappa shape index (κ1) is 25.2. The molecule has 0 fully saturated rings. The summed E-state index contributed by atoms with van der Waals surface area (Å²) in [6.07, 6.45) is -0.529. The summed E-state index contributed by atoms with van der Waals surface area (Å²) in [6.45, 7) is 8.55. The van der Waals surface area contributed by atoms with Gasteiger partial charge in [-0.25, -0.2) is 0 Å². The second-order valence-electron chi connectivity index (χ2n) is 6.44. The molecule has 0 saturated heterocycles. The van der Waals surface area contributed by atoms with Gasteiger partial charge in [0, 0.05) is 0 Å². The molecule has 0 saturated carbocycles. The van der Waals surface area contributed by atoms with Gasteiger partial charge in [0.15, 0.2) is 0 Å². The molecule has 0 aliphatic carbocycles. The van der Waals surface area contributed by atoms with Crippen molar-refractivity contribution < 1.29 is 61.4 Å². The molecule has 0 aromatic heterocycles. The van der Waals surface area contributed by atoms with Gasteiger partial charge in [0.05, 0.1) is 0 Å². The van der Waals surface area contributed by atoms with Crippen LogP contribution in [-0.2, 0) is 54.0 Å². The maximum atomic E-state index is 12.0. The third-order valence-corrected chi connectivity index (χ3v) is 4.41. The minimum absolute atomic E-state index is 0.529. The number of hydrogen-bond acceptors (Lipinski definition) is 10. The van der Waals surface area contributed by atoms with Crippen molar-refractivity contribution >= 4 is 23.1 Å². The first-order valence-corrected chi connectivity index (χ1v) is 10.5. The Bertz CT molecular complexity index is 497. The van der Waals surface area contributed by atoms with Gasteiger partial charge in [0.25, 0.3) is 0 Å². The minimum atomic E-state index is -5.54. The van der Waals surface area contributed by atoms with Crippen LogP contribution in [0.5, 0.6) is 0 Å². The van der Waals surface area contributed by atoms with Crippen LogP contribution in [0.2, 0.25) is 0 Å². The fourth-order valence-corrected chi connectivity index (χ4v) is 3.76. The molecular formula is C15H26O10Ti. The molecule has 10 nitrogen and oxygen atoms in total. The summed E-state index contributed by atoms with van der Waals surface area (Å²) in [4.78, 5) is 57.5. The molecule has 0 radical (unpaired) electrons. The van der Waals surface area contributed by atoms with Gasteiger partial charge in [-0.15, -0.1) is 0 Å². The summed E-state index contributed by atoms with van der Waals surface area (Å²) in [5, 5.41) is 0. The van der Waals surface area contributed by atoms with Crippen molar-refractivity contribution in [3.8, 4) is 0 Å². The van der Waals surface area contributed by atoms with Crippen LogP contribution >= 0.6 is 0 Å². The van der Waals surface area contributed by atoms with Crippen molar-refractivity contribution in [3.63, 3.8) is 0 Å². The van der Waals surface area contributed by atoms with Crippen LogP contribution in [0.3, 0.4) is 0 Å². The van der Waals surface area contributed by atoms with Gasteiger partial charge >= 0.3 is 157 Å². The molecule has 0 aromatic carbocycles. The standard InChI is InChI=1S/C12H18O6.C3H8O2.2H2O.Ti/c1-6(13)10(7(2)14)12(5,18-17)11(8(3)15)9(4)16;1-3(2)5-4;;;/h10-11,17H,1-5H3;3-4H,1-2H3;2*1H2;/q;;;;+4/p-4. The van der Waals surface area contributed by atoms with Crippen molar-refractivity contribution in [2.75, 3.05) is 0 Å². The third-order valence-electron chi connectivity index (χ3n) is 3.45. The molecule has 0 atom stereocenters. The molecule has 0 amide bonds. The molecule has 150 valence electrons. The number of rotatable bonds is 12. The molecule has 0 bridgehead atoms. The van der Waals surface area contributed by atoms with Crippen molar-refractivity contribution in [1.29, 1.82) is 0 Å². The molecule has 11 heteroatoms. The second kappa shape index (κ2) is 9.91. The molecule has 0 rings (SSSR count). The van der Waals surface area contributed by atoms with Crippen molar-refractivity contribution in [2.24, 2.45) is 11.8 Å². The summed E-state index contributed by atoms with van der Waals surface area (Å²) in [5.74, 6) is -5.89. The van der Waals surface area contributed by atoms with Gasteiger partial charge in [-0.1, -0.05) is 0 Å². The maximum absolute atomic E-state index is 12.0. The topological polar surface area (TPSA) is 146 Å². The van der Waals surface area contributed by atoms with Crippen LogP contribution < -0.4 is 0 Å². The van der Waals surface area contributed by atoms with Gasteiger partial charge in [-0.2, -0.15) is 0 Å². The Kier molecular flexibility index (Phi) is 9.58. The zero-order chi connectivity index (χ0) is 20.9. The predicted molar refractivity (Wildman–Crippen MR) is 82.0 cm³/mol. The molecular weight excluding hydrogens is 388 g/mol. The van der Waals surface area contributed by atoms with E-state index in [1.54, 1.807) is 13.8 Å². The first-order valence-electron chi connectivity index (χ1n) is 7.83. The number of carbonyl (C=O) groups excluding carboxylic acids is 4. The summed E-state index contributed by atoms with van der Waals surface area (Å²) in [7, 11) is 0. The Morgan fingerprint density at radius 3 is 1.42 bits per heavy atom. The van der Waals surface area contributed by atoms with E-state index in [-0.39, 0.29) is 0 Å².